The van der Waals surface area contributed by atoms with Gasteiger partial charge in [-0.25, -0.2) is 9.82 Å². The zero-order valence-corrected chi connectivity index (χ0v) is 18.3. The number of rotatable bonds is 6. The number of halogens is 1. The summed E-state index contributed by atoms with van der Waals surface area (Å²) in [5, 5.41) is 7.77. The van der Waals surface area contributed by atoms with Crippen LogP contribution in [0.4, 0.5) is 10.1 Å². The number of para-hydroxylation sites is 1. The minimum atomic E-state index is -0.367. The largest absolute Gasteiger partial charge is 0.340 e. The van der Waals surface area contributed by atoms with Gasteiger partial charge in [0.15, 0.2) is 0 Å². The molecule has 0 atom stereocenters. The lowest BCUT2D eigenvalue weighted by Crippen LogP contribution is -2.17. The van der Waals surface area contributed by atoms with Crippen LogP contribution in [0.3, 0.4) is 0 Å². The number of aromatic nitrogens is 1. The lowest BCUT2D eigenvalue weighted by Gasteiger charge is -2.09. The van der Waals surface area contributed by atoms with Crippen LogP contribution in [0.2, 0.25) is 0 Å². The minimum Gasteiger partial charge on any atom is -0.340 e. The molecule has 2 amide bonds. The highest BCUT2D eigenvalue weighted by molar-refractivity contribution is 6.02. The number of nitrogens with zero attached hydrogens (tertiary/aromatic N) is 2. The predicted octanol–water partition coefficient (Wildman–Crippen LogP) is 4.86. The molecule has 6 nitrogen and oxygen atoms in total. The van der Waals surface area contributed by atoms with Crippen LogP contribution in [0.5, 0.6) is 0 Å². The predicted molar refractivity (Wildman–Crippen MR) is 128 cm³/mol. The van der Waals surface area contributed by atoms with Crippen molar-refractivity contribution in [3.8, 4) is 0 Å². The van der Waals surface area contributed by atoms with Gasteiger partial charge in [-0.2, -0.15) is 5.10 Å². The molecule has 166 valence electrons. The fourth-order valence-corrected chi connectivity index (χ4v) is 3.75. The van der Waals surface area contributed by atoms with Crippen molar-refractivity contribution < 1.29 is 14.0 Å². The average molecular weight is 442 g/mol. The van der Waals surface area contributed by atoms with Gasteiger partial charge in [-0.3, -0.25) is 9.59 Å². The molecule has 0 aliphatic heterocycles. The summed E-state index contributed by atoms with van der Waals surface area (Å²) in [6, 6.07) is 21.1. The van der Waals surface area contributed by atoms with Gasteiger partial charge in [-0.1, -0.05) is 36.4 Å². The van der Waals surface area contributed by atoms with E-state index in [9.17, 15) is 14.0 Å². The van der Waals surface area contributed by atoms with Crippen molar-refractivity contribution >= 4 is 34.6 Å². The maximum Gasteiger partial charge on any atom is 0.271 e. The van der Waals surface area contributed by atoms with E-state index < -0.39 is 0 Å². The molecule has 7 heteroatoms. The number of nitrogens with one attached hydrogen (secondary N) is 2. The summed E-state index contributed by atoms with van der Waals surface area (Å²) in [6.45, 7) is 3.76. The van der Waals surface area contributed by atoms with E-state index in [1.165, 1.54) is 13.0 Å². The second-order valence-corrected chi connectivity index (χ2v) is 7.65. The number of anilines is 1. The Morgan fingerprint density at radius 3 is 2.42 bits per heavy atom. The quantitative estimate of drug-likeness (QED) is 0.331. The molecular formula is C26H23FN4O2. The van der Waals surface area contributed by atoms with Crippen molar-refractivity contribution in [2.75, 3.05) is 5.32 Å². The van der Waals surface area contributed by atoms with Gasteiger partial charge in [0.25, 0.3) is 5.91 Å². The van der Waals surface area contributed by atoms with Crippen molar-refractivity contribution in [1.82, 2.24) is 9.99 Å². The molecule has 0 spiro atoms. The smallest absolute Gasteiger partial charge is 0.271 e. The number of hydrogen-bond donors (Lipinski definition) is 2. The monoisotopic (exact) mass is 442 g/mol. The fraction of sp³-hybridized carbons (Fsp3) is 0.115. The Balaban J connectivity index is 1.56. The van der Waals surface area contributed by atoms with E-state index in [2.05, 4.69) is 15.8 Å². The second-order valence-electron chi connectivity index (χ2n) is 7.65. The third-order valence-electron chi connectivity index (χ3n) is 5.39. The number of fused-ring (bicyclic) bond motifs is 1. The summed E-state index contributed by atoms with van der Waals surface area (Å²) >= 11 is 0. The Labute approximate surface area is 190 Å². The molecule has 0 saturated carbocycles. The third-order valence-corrected chi connectivity index (χ3v) is 5.39. The van der Waals surface area contributed by atoms with Crippen molar-refractivity contribution in [1.29, 1.82) is 0 Å². The van der Waals surface area contributed by atoms with E-state index in [0.717, 1.165) is 22.2 Å². The van der Waals surface area contributed by atoms with Crippen molar-refractivity contribution in [2.24, 2.45) is 5.10 Å². The molecule has 1 aromatic heterocycles. The molecule has 0 aliphatic rings. The summed E-state index contributed by atoms with van der Waals surface area (Å²) in [5.41, 5.74) is 6.89. The molecule has 33 heavy (non-hydrogen) atoms. The van der Waals surface area contributed by atoms with E-state index in [-0.39, 0.29) is 17.6 Å². The van der Waals surface area contributed by atoms with E-state index in [1.54, 1.807) is 42.6 Å². The molecule has 4 aromatic rings. The maximum absolute atomic E-state index is 14.2. The van der Waals surface area contributed by atoms with Crippen LogP contribution >= 0.6 is 0 Å². The van der Waals surface area contributed by atoms with E-state index in [0.29, 0.717) is 23.4 Å². The topological polar surface area (TPSA) is 75.5 Å². The molecular weight excluding hydrogens is 419 g/mol. The Bertz CT molecular complexity index is 1360. The van der Waals surface area contributed by atoms with Crippen LogP contribution in [-0.2, 0) is 11.3 Å². The Kier molecular flexibility index (Phi) is 6.31. The summed E-state index contributed by atoms with van der Waals surface area (Å²) in [4.78, 5) is 23.6. The molecule has 1 heterocycles. The highest BCUT2D eigenvalue weighted by atomic mass is 19.1. The number of hydrogen-bond acceptors (Lipinski definition) is 3. The van der Waals surface area contributed by atoms with E-state index in [1.807, 2.05) is 41.8 Å². The van der Waals surface area contributed by atoms with E-state index >= 15 is 0 Å². The van der Waals surface area contributed by atoms with Crippen molar-refractivity contribution in [2.45, 2.75) is 20.4 Å². The van der Waals surface area contributed by atoms with Crippen LogP contribution < -0.4 is 10.7 Å². The van der Waals surface area contributed by atoms with Gasteiger partial charge in [0.05, 0.1) is 12.8 Å². The zero-order valence-electron chi connectivity index (χ0n) is 18.3. The Morgan fingerprint density at radius 2 is 1.70 bits per heavy atom. The Hall–Kier alpha value is -4.26. The lowest BCUT2D eigenvalue weighted by molar-refractivity contribution is -0.114. The number of carbonyl (C=O) groups excluding carboxylic acids is 2. The molecule has 0 radical (unpaired) electrons. The van der Waals surface area contributed by atoms with Gasteiger partial charge >= 0.3 is 0 Å². The normalized spacial score (nSPS) is 11.1. The van der Waals surface area contributed by atoms with Gasteiger partial charge in [0.1, 0.15) is 5.82 Å². The molecule has 2 N–H and O–H groups in total. The summed E-state index contributed by atoms with van der Waals surface area (Å²) in [5.74, 6) is -0.795. The first kappa shape index (κ1) is 22.0. The lowest BCUT2D eigenvalue weighted by atomic mass is 10.1. The van der Waals surface area contributed by atoms with Gasteiger partial charge in [0.2, 0.25) is 5.91 Å². The van der Waals surface area contributed by atoms with Crippen molar-refractivity contribution in [3.63, 3.8) is 0 Å². The number of carbonyl (C=O) groups is 2. The third kappa shape index (κ3) is 4.82. The summed E-state index contributed by atoms with van der Waals surface area (Å²) in [6.07, 6.45) is 1.61. The minimum absolute atomic E-state index is 0.179. The van der Waals surface area contributed by atoms with Gasteiger partial charge in [-0.05, 0) is 43.3 Å². The SMILES string of the molecule is CC(=O)Nc1ccc(C(=O)NN=Cc2c(C)n(Cc3ccccc3F)c3ccccc23)cc1. The van der Waals surface area contributed by atoms with Gasteiger partial charge < -0.3 is 9.88 Å². The molecule has 0 unspecified atom stereocenters. The number of hydrazone groups is 1. The second kappa shape index (κ2) is 9.48. The van der Waals surface area contributed by atoms with Crippen LogP contribution in [0.25, 0.3) is 10.9 Å². The first-order valence-electron chi connectivity index (χ1n) is 10.5. The highest BCUT2D eigenvalue weighted by Gasteiger charge is 2.14. The number of amides is 2. The fourth-order valence-electron chi connectivity index (χ4n) is 3.75. The molecule has 0 fully saturated rings. The maximum atomic E-state index is 14.2. The van der Waals surface area contributed by atoms with Crippen molar-refractivity contribution in [3.05, 3.63) is 101 Å². The van der Waals surface area contributed by atoms with Crippen LogP contribution in [0.15, 0.2) is 77.9 Å². The highest BCUT2D eigenvalue weighted by Crippen LogP contribution is 2.26. The molecule has 0 aliphatic carbocycles. The zero-order chi connectivity index (χ0) is 23.4. The first-order chi connectivity index (χ1) is 15.9. The van der Waals surface area contributed by atoms with Crippen LogP contribution in [0.1, 0.15) is 34.1 Å². The van der Waals surface area contributed by atoms with Crippen LogP contribution in [-0.4, -0.2) is 22.6 Å². The average Bonchev–Trinajstić information content (AvgIpc) is 3.06. The summed E-state index contributed by atoms with van der Waals surface area (Å²) < 4.78 is 16.3. The number of benzene rings is 3. The van der Waals surface area contributed by atoms with E-state index in [4.69, 9.17) is 0 Å². The standard InChI is InChI=1S/C26H23FN4O2/c1-17-23(15-28-30-26(33)19-11-13-21(14-12-19)29-18(2)32)22-8-4-6-10-25(22)31(17)16-20-7-3-5-9-24(20)27/h3-15H,16H2,1-2H3,(H,29,32)(H,30,33). The van der Waals surface area contributed by atoms with Crippen LogP contribution in [0, 0.1) is 12.7 Å². The molecule has 0 bridgehead atoms. The van der Waals surface area contributed by atoms with Gasteiger partial charge in [-0.15, -0.1) is 0 Å². The van der Waals surface area contributed by atoms with Gasteiger partial charge in [0, 0.05) is 45.9 Å². The summed E-state index contributed by atoms with van der Waals surface area (Å²) in [7, 11) is 0. The Morgan fingerprint density at radius 1 is 1.00 bits per heavy atom. The molecule has 4 rings (SSSR count). The molecule has 3 aromatic carbocycles. The first-order valence-corrected chi connectivity index (χ1v) is 10.5. The molecule has 0 saturated heterocycles.